The van der Waals surface area contributed by atoms with Crippen LogP contribution in [0.15, 0.2) is 0 Å². The van der Waals surface area contributed by atoms with Gasteiger partial charge in [-0.2, -0.15) is 13.2 Å². The third-order valence-corrected chi connectivity index (χ3v) is 1.78. The van der Waals surface area contributed by atoms with Crippen LogP contribution >= 0.6 is 0 Å². The maximum atomic E-state index is 12.0. The van der Waals surface area contributed by atoms with Gasteiger partial charge >= 0.3 is 18.1 Å². The number of amides is 1. The van der Waals surface area contributed by atoms with Crippen molar-refractivity contribution in [2.24, 2.45) is 0 Å². The molecule has 0 saturated carbocycles. The summed E-state index contributed by atoms with van der Waals surface area (Å²) in [7, 11) is 0. The average Bonchev–Trinajstić information content (AvgIpc) is 2.14. The molecule has 100 valence electrons. The van der Waals surface area contributed by atoms with E-state index in [1.165, 1.54) is 0 Å². The number of ether oxygens (including phenoxy) is 1. The number of alkyl halides is 3. The zero-order valence-electron chi connectivity index (χ0n) is 9.93. The minimum absolute atomic E-state index is 0.105. The van der Waals surface area contributed by atoms with E-state index in [0.717, 1.165) is 0 Å². The molecule has 4 nitrogen and oxygen atoms in total. The summed E-state index contributed by atoms with van der Waals surface area (Å²) in [6.07, 6.45) is -4.88. The number of carbonyl (C=O) groups is 2. The number of halogens is 3. The van der Waals surface area contributed by atoms with Gasteiger partial charge in [-0.25, -0.2) is 4.79 Å². The van der Waals surface area contributed by atoms with E-state index < -0.39 is 30.2 Å². The molecule has 0 aromatic heterocycles. The highest BCUT2D eigenvalue weighted by Crippen LogP contribution is 2.15. The highest BCUT2D eigenvalue weighted by atomic mass is 19.4. The average molecular weight is 255 g/mol. The largest absolute Gasteiger partial charge is 0.471 e. The molecule has 0 aromatic carbocycles. The first kappa shape index (κ1) is 15.7. The van der Waals surface area contributed by atoms with E-state index in [9.17, 15) is 22.8 Å². The third-order valence-electron chi connectivity index (χ3n) is 1.78. The second-order valence-electron chi connectivity index (χ2n) is 3.80. The summed E-state index contributed by atoms with van der Waals surface area (Å²) in [6.45, 7) is 4.84. The highest BCUT2D eigenvalue weighted by molar-refractivity contribution is 5.87. The standard InChI is InChI=1S/C10H16F3NO3/c1-4-5-7(8(15)17-6(2)3)14-9(16)10(11,12)13/h6-7H,4-5H2,1-3H3,(H,14,16). The molecule has 0 radical (unpaired) electrons. The van der Waals surface area contributed by atoms with Gasteiger partial charge in [0.2, 0.25) is 0 Å². The minimum atomic E-state index is -5.00. The van der Waals surface area contributed by atoms with Crippen LogP contribution in [0.4, 0.5) is 13.2 Å². The molecule has 0 aromatic rings. The van der Waals surface area contributed by atoms with Crippen molar-refractivity contribution in [1.82, 2.24) is 5.32 Å². The fraction of sp³-hybridized carbons (Fsp3) is 0.800. The maximum absolute atomic E-state index is 12.0. The van der Waals surface area contributed by atoms with Gasteiger partial charge in [0.15, 0.2) is 0 Å². The van der Waals surface area contributed by atoms with Crippen LogP contribution in [-0.4, -0.2) is 30.2 Å². The van der Waals surface area contributed by atoms with Crippen molar-refractivity contribution in [3.63, 3.8) is 0 Å². The fourth-order valence-electron chi connectivity index (χ4n) is 1.09. The van der Waals surface area contributed by atoms with E-state index in [2.05, 4.69) is 0 Å². The normalized spacial score (nSPS) is 13.4. The Balaban J connectivity index is 4.53. The van der Waals surface area contributed by atoms with E-state index in [1.807, 2.05) is 0 Å². The van der Waals surface area contributed by atoms with E-state index in [1.54, 1.807) is 26.1 Å². The second kappa shape index (κ2) is 6.46. The lowest BCUT2D eigenvalue weighted by atomic mass is 10.1. The predicted octanol–water partition coefficient (Wildman–Crippen LogP) is 1.79. The summed E-state index contributed by atoms with van der Waals surface area (Å²) in [5.74, 6) is -2.98. The lowest BCUT2D eigenvalue weighted by Gasteiger charge is -2.19. The smallest absolute Gasteiger partial charge is 0.461 e. The van der Waals surface area contributed by atoms with Gasteiger partial charge < -0.3 is 10.1 Å². The van der Waals surface area contributed by atoms with Gasteiger partial charge in [-0.15, -0.1) is 0 Å². The van der Waals surface area contributed by atoms with Crippen molar-refractivity contribution in [2.75, 3.05) is 0 Å². The summed E-state index contributed by atoms with van der Waals surface area (Å²) in [6, 6.07) is -1.25. The number of hydrogen-bond donors (Lipinski definition) is 1. The van der Waals surface area contributed by atoms with Crippen LogP contribution in [0.2, 0.25) is 0 Å². The summed E-state index contributed by atoms with van der Waals surface area (Å²) in [4.78, 5) is 22.1. The van der Waals surface area contributed by atoms with E-state index in [-0.39, 0.29) is 6.42 Å². The van der Waals surface area contributed by atoms with Crippen LogP contribution in [0.1, 0.15) is 33.6 Å². The Morgan fingerprint density at radius 1 is 1.29 bits per heavy atom. The first-order valence-electron chi connectivity index (χ1n) is 5.26. The molecule has 0 bridgehead atoms. The second-order valence-corrected chi connectivity index (χ2v) is 3.80. The van der Waals surface area contributed by atoms with Crippen molar-refractivity contribution >= 4 is 11.9 Å². The summed E-state index contributed by atoms with van der Waals surface area (Å²) < 4.78 is 40.8. The molecule has 7 heteroatoms. The molecule has 0 aliphatic carbocycles. The topological polar surface area (TPSA) is 55.4 Å². The predicted molar refractivity (Wildman–Crippen MR) is 54.1 cm³/mol. The van der Waals surface area contributed by atoms with Gasteiger partial charge in [0.05, 0.1) is 6.10 Å². The molecule has 1 atom stereocenters. The first-order chi connectivity index (χ1) is 7.68. The third kappa shape index (κ3) is 6.13. The van der Waals surface area contributed by atoms with Crippen molar-refractivity contribution < 1.29 is 27.5 Å². The zero-order chi connectivity index (χ0) is 13.6. The van der Waals surface area contributed by atoms with Gasteiger partial charge in [-0.3, -0.25) is 4.79 Å². The Labute approximate surface area is 97.5 Å². The van der Waals surface area contributed by atoms with Crippen LogP contribution in [-0.2, 0) is 14.3 Å². The monoisotopic (exact) mass is 255 g/mol. The number of esters is 1. The van der Waals surface area contributed by atoms with E-state index >= 15 is 0 Å². The van der Waals surface area contributed by atoms with Crippen molar-refractivity contribution in [3.05, 3.63) is 0 Å². The van der Waals surface area contributed by atoms with E-state index in [0.29, 0.717) is 6.42 Å². The first-order valence-corrected chi connectivity index (χ1v) is 5.26. The van der Waals surface area contributed by atoms with E-state index in [4.69, 9.17) is 4.74 Å². The molecular weight excluding hydrogens is 239 g/mol. The van der Waals surface area contributed by atoms with Gasteiger partial charge in [0.25, 0.3) is 0 Å². The number of carbonyl (C=O) groups excluding carboxylic acids is 2. The van der Waals surface area contributed by atoms with Gasteiger partial charge in [-0.1, -0.05) is 13.3 Å². The van der Waals surface area contributed by atoms with Crippen LogP contribution < -0.4 is 5.32 Å². The molecule has 0 fully saturated rings. The molecule has 0 aliphatic rings. The van der Waals surface area contributed by atoms with Gasteiger partial charge in [0.1, 0.15) is 6.04 Å². The molecule has 0 saturated heterocycles. The Kier molecular flexibility index (Phi) is 5.98. The number of nitrogens with one attached hydrogen (secondary N) is 1. The fourth-order valence-corrected chi connectivity index (χ4v) is 1.09. The lowest BCUT2D eigenvalue weighted by molar-refractivity contribution is -0.176. The molecular formula is C10H16F3NO3. The molecule has 17 heavy (non-hydrogen) atoms. The number of rotatable bonds is 5. The maximum Gasteiger partial charge on any atom is 0.471 e. The van der Waals surface area contributed by atoms with Crippen LogP contribution in [0.3, 0.4) is 0 Å². The quantitative estimate of drug-likeness (QED) is 0.762. The minimum Gasteiger partial charge on any atom is -0.461 e. The van der Waals surface area contributed by atoms with Crippen LogP contribution in [0.25, 0.3) is 0 Å². The summed E-state index contributed by atoms with van der Waals surface area (Å²) in [5, 5.41) is 1.62. The Hall–Kier alpha value is -1.27. The van der Waals surface area contributed by atoms with Crippen LogP contribution in [0.5, 0.6) is 0 Å². The molecule has 0 rings (SSSR count). The Morgan fingerprint density at radius 3 is 2.18 bits per heavy atom. The van der Waals surface area contributed by atoms with Crippen molar-refractivity contribution in [2.45, 2.75) is 51.9 Å². The Morgan fingerprint density at radius 2 is 1.82 bits per heavy atom. The molecule has 1 amide bonds. The molecule has 1 N–H and O–H groups in total. The zero-order valence-corrected chi connectivity index (χ0v) is 9.93. The van der Waals surface area contributed by atoms with Gasteiger partial charge in [-0.05, 0) is 20.3 Å². The molecule has 0 spiro atoms. The van der Waals surface area contributed by atoms with Gasteiger partial charge in [0, 0.05) is 0 Å². The van der Waals surface area contributed by atoms with Crippen molar-refractivity contribution in [1.29, 1.82) is 0 Å². The number of hydrogen-bond acceptors (Lipinski definition) is 3. The molecule has 0 aliphatic heterocycles. The highest BCUT2D eigenvalue weighted by Gasteiger charge is 2.40. The molecule has 1 unspecified atom stereocenters. The Bertz CT molecular complexity index is 276. The SMILES string of the molecule is CCCC(NC(=O)C(F)(F)F)C(=O)OC(C)C. The summed E-state index contributed by atoms with van der Waals surface area (Å²) >= 11 is 0. The summed E-state index contributed by atoms with van der Waals surface area (Å²) in [5.41, 5.74) is 0. The van der Waals surface area contributed by atoms with Crippen molar-refractivity contribution in [3.8, 4) is 0 Å². The van der Waals surface area contributed by atoms with Crippen LogP contribution in [0, 0.1) is 0 Å². The lowest BCUT2D eigenvalue weighted by Crippen LogP contribution is -2.47. The molecule has 0 heterocycles.